The summed E-state index contributed by atoms with van der Waals surface area (Å²) in [5.74, 6) is 1.66. The number of halogens is 1. The fourth-order valence-electron chi connectivity index (χ4n) is 4.20. The highest BCUT2D eigenvalue weighted by atomic mass is 127. The van der Waals surface area contributed by atoms with Crippen LogP contribution in [0.4, 0.5) is 0 Å². The average Bonchev–Trinajstić information content (AvgIpc) is 3.19. The fourth-order valence-corrected chi connectivity index (χ4v) is 4.20. The Kier molecular flexibility index (Phi) is 10.0. The first-order valence-electron chi connectivity index (χ1n) is 10.5. The Labute approximate surface area is 186 Å². The van der Waals surface area contributed by atoms with Crippen molar-refractivity contribution >= 4 is 29.9 Å². The van der Waals surface area contributed by atoms with Crippen molar-refractivity contribution in [3.8, 4) is 0 Å². The maximum atomic E-state index is 5.58. The Morgan fingerprint density at radius 3 is 2.57 bits per heavy atom. The highest BCUT2D eigenvalue weighted by Crippen LogP contribution is 2.33. The van der Waals surface area contributed by atoms with Crippen LogP contribution in [-0.4, -0.2) is 60.9 Å². The van der Waals surface area contributed by atoms with E-state index in [2.05, 4.69) is 34.5 Å². The largest absolute Gasteiger partial charge is 0.379 e. The van der Waals surface area contributed by atoms with E-state index in [1.54, 1.807) is 0 Å². The molecular formula is C20H36IN5O2. The molecule has 0 spiro atoms. The summed E-state index contributed by atoms with van der Waals surface area (Å²) >= 11 is 0. The van der Waals surface area contributed by atoms with Crippen LogP contribution in [0.1, 0.15) is 57.4 Å². The number of ether oxygens (including phenoxy) is 1. The maximum absolute atomic E-state index is 5.58. The Balaban J connectivity index is 0.00000280. The molecule has 1 aliphatic heterocycles. The van der Waals surface area contributed by atoms with Gasteiger partial charge in [-0.3, -0.25) is 4.90 Å². The smallest absolute Gasteiger partial charge is 0.191 e. The molecule has 0 atom stereocenters. The number of aliphatic imine (C=N–C) groups is 1. The zero-order valence-electron chi connectivity index (χ0n) is 17.3. The first kappa shape index (κ1) is 23.4. The SMILES string of the molecule is CCNC(=NCc1cc(CC)no1)NCC1(N2CCOCC2)CCCCC1.I. The van der Waals surface area contributed by atoms with Crippen molar-refractivity contribution in [1.29, 1.82) is 0 Å². The Morgan fingerprint density at radius 2 is 1.93 bits per heavy atom. The third-order valence-electron chi connectivity index (χ3n) is 5.76. The molecule has 2 heterocycles. The molecule has 0 radical (unpaired) electrons. The topological polar surface area (TPSA) is 74.9 Å². The number of nitrogens with zero attached hydrogens (tertiary/aromatic N) is 3. The lowest BCUT2D eigenvalue weighted by atomic mass is 9.80. The zero-order chi connectivity index (χ0) is 19.0. The minimum Gasteiger partial charge on any atom is -0.379 e. The van der Waals surface area contributed by atoms with Gasteiger partial charge in [-0.15, -0.1) is 24.0 Å². The van der Waals surface area contributed by atoms with Crippen LogP contribution >= 0.6 is 24.0 Å². The molecule has 0 amide bonds. The van der Waals surface area contributed by atoms with Crippen LogP contribution < -0.4 is 10.6 Å². The monoisotopic (exact) mass is 505 g/mol. The third kappa shape index (κ3) is 6.32. The summed E-state index contributed by atoms with van der Waals surface area (Å²) in [6.45, 7) is 10.2. The Hall–Kier alpha value is -0.870. The number of rotatable bonds is 7. The van der Waals surface area contributed by atoms with Gasteiger partial charge >= 0.3 is 0 Å². The molecule has 2 N–H and O–H groups in total. The number of nitrogens with one attached hydrogen (secondary N) is 2. The van der Waals surface area contributed by atoms with Gasteiger partial charge in [0.05, 0.1) is 18.9 Å². The molecule has 0 unspecified atom stereocenters. The van der Waals surface area contributed by atoms with Gasteiger partial charge in [0.1, 0.15) is 6.54 Å². The van der Waals surface area contributed by atoms with E-state index in [4.69, 9.17) is 14.3 Å². The summed E-state index contributed by atoms with van der Waals surface area (Å²) in [5, 5.41) is 11.0. The average molecular weight is 505 g/mol. The molecule has 1 aliphatic carbocycles. The van der Waals surface area contributed by atoms with Gasteiger partial charge in [0.2, 0.25) is 0 Å². The van der Waals surface area contributed by atoms with Crippen molar-refractivity contribution < 1.29 is 9.26 Å². The van der Waals surface area contributed by atoms with E-state index in [0.717, 1.165) is 63.2 Å². The lowest BCUT2D eigenvalue weighted by Crippen LogP contribution is -2.60. The van der Waals surface area contributed by atoms with Crippen LogP contribution in [0.2, 0.25) is 0 Å². The Bertz CT molecular complexity index is 595. The summed E-state index contributed by atoms with van der Waals surface area (Å²) in [7, 11) is 0. The van der Waals surface area contributed by atoms with Crippen LogP contribution in [-0.2, 0) is 17.7 Å². The molecule has 8 heteroatoms. The van der Waals surface area contributed by atoms with Crippen molar-refractivity contribution in [2.45, 2.75) is 64.5 Å². The maximum Gasteiger partial charge on any atom is 0.191 e. The van der Waals surface area contributed by atoms with E-state index in [-0.39, 0.29) is 29.5 Å². The summed E-state index contributed by atoms with van der Waals surface area (Å²) in [6, 6.07) is 1.99. The number of guanidine groups is 1. The van der Waals surface area contributed by atoms with Crippen LogP contribution in [0.3, 0.4) is 0 Å². The molecule has 28 heavy (non-hydrogen) atoms. The van der Waals surface area contributed by atoms with Gasteiger partial charge in [0, 0.05) is 37.8 Å². The molecule has 0 bridgehead atoms. The molecule has 1 saturated heterocycles. The van der Waals surface area contributed by atoms with Gasteiger partial charge in [-0.25, -0.2) is 4.99 Å². The minimum absolute atomic E-state index is 0. The van der Waals surface area contributed by atoms with Crippen molar-refractivity contribution in [2.24, 2.45) is 4.99 Å². The third-order valence-corrected chi connectivity index (χ3v) is 5.76. The van der Waals surface area contributed by atoms with Crippen LogP contribution in [0.15, 0.2) is 15.6 Å². The number of aromatic nitrogens is 1. The highest BCUT2D eigenvalue weighted by molar-refractivity contribution is 14.0. The standard InChI is InChI=1S/C20H35N5O2.HI/c1-3-17-14-18(27-24-17)15-22-19(21-4-2)23-16-20(8-6-5-7-9-20)25-10-12-26-13-11-25;/h14H,3-13,15-16H2,1-2H3,(H2,21,22,23);1H. The number of morpholine rings is 1. The molecule has 2 aliphatic rings. The highest BCUT2D eigenvalue weighted by Gasteiger charge is 2.38. The number of aryl methyl sites for hydroxylation is 1. The molecule has 160 valence electrons. The van der Waals surface area contributed by atoms with E-state index in [1.807, 2.05) is 6.07 Å². The first-order valence-corrected chi connectivity index (χ1v) is 10.5. The molecule has 2 fully saturated rings. The molecule has 7 nitrogen and oxygen atoms in total. The van der Waals surface area contributed by atoms with Gasteiger partial charge in [0.25, 0.3) is 0 Å². The van der Waals surface area contributed by atoms with Gasteiger partial charge in [-0.1, -0.05) is 31.3 Å². The van der Waals surface area contributed by atoms with E-state index >= 15 is 0 Å². The lowest BCUT2D eigenvalue weighted by molar-refractivity contribution is -0.0352. The van der Waals surface area contributed by atoms with Crippen LogP contribution in [0.5, 0.6) is 0 Å². The van der Waals surface area contributed by atoms with Gasteiger partial charge in [-0.2, -0.15) is 0 Å². The van der Waals surface area contributed by atoms with E-state index < -0.39 is 0 Å². The Morgan fingerprint density at radius 1 is 1.18 bits per heavy atom. The first-order chi connectivity index (χ1) is 13.3. The normalized spacial score (nSPS) is 20.4. The van der Waals surface area contributed by atoms with Crippen molar-refractivity contribution in [1.82, 2.24) is 20.7 Å². The second-order valence-electron chi connectivity index (χ2n) is 7.57. The quantitative estimate of drug-likeness (QED) is 0.337. The van der Waals surface area contributed by atoms with Gasteiger partial charge < -0.3 is 19.9 Å². The zero-order valence-corrected chi connectivity index (χ0v) is 19.7. The summed E-state index contributed by atoms with van der Waals surface area (Å²) in [6.07, 6.45) is 7.36. The molecule has 0 aromatic carbocycles. The molecule has 1 saturated carbocycles. The van der Waals surface area contributed by atoms with Gasteiger partial charge in [-0.05, 0) is 26.2 Å². The van der Waals surface area contributed by atoms with E-state index in [1.165, 1.54) is 32.1 Å². The predicted octanol–water partition coefficient (Wildman–Crippen LogP) is 2.95. The second-order valence-corrected chi connectivity index (χ2v) is 7.57. The number of hydrogen-bond donors (Lipinski definition) is 2. The van der Waals surface area contributed by atoms with Crippen LogP contribution in [0.25, 0.3) is 0 Å². The predicted molar refractivity (Wildman–Crippen MR) is 122 cm³/mol. The second kappa shape index (κ2) is 12.0. The number of hydrogen-bond acceptors (Lipinski definition) is 5. The molecular weight excluding hydrogens is 469 g/mol. The van der Waals surface area contributed by atoms with E-state index in [0.29, 0.717) is 6.54 Å². The molecule has 1 aromatic heterocycles. The lowest BCUT2D eigenvalue weighted by Gasteiger charge is -2.48. The molecule has 3 rings (SSSR count). The van der Waals surface area contributed by atoms with Crippen molar-refractivity contribution in [3.05, 3.63) is 17.5 Å². The molecule has 1 aromatic rings. The minimum atomic E-state index is 0. The van der Waals surface area contributed by atoms with Crippen molar-refractivity contribution in [2.75, 3.05) is 39.4 Å². The van der Waals surface area contributed by atoms with Gasteiger partial charge in [0.15, 0.2) is 11.7 Å². The van der Waals surface area contributed by atoms with E-state index in [9.17, 15) is 0 Å². The van der Waals surface area contributed by atoms with Crippen LogP contribution in [0, 0.1) is 0 Å². The summed E-state index contributed by atoms with van der Waals surface area (Å²) in [4.78, 5) is 7.36. The summed E-state index contributed by atoms with van der Waals surface area (Å²) < 4.78 is 10.9. The summed E-state index contributed by atoms with van der Waals surface area (Å²) in [5.41, 5.74) is 1.20. The fraction of sp³-hybridized carbons (Fsp3) is 0.800. The van der Waals surface area contributed by atoms with Crippen molar-refractivity contribution in [3.63, 3.8) is 0 Å².